The molecule has 2 amide bonds. The van der Waals surface area contributed by atoms with Crippen molar-refractivity contribution in [3.63, 3.8) is 0 Å². The van der Waals surface area contributed by atoms with E-state index in [1.807, 2.05) is 19.1 Å². The summed E-state index contributed by atoms with van der Waals surface area (Å²) in [4.78, 5) is 35.8. The van der Waals surface area contributed by atoms with Crippen LogP contribution in [0.3, 0.4) is 0 Å². The Kier molecular flexibility index (Phi) is 5.48. The lowest BCUT2D eigenvalue weighted by molar-refractivity contribution is 0.0767. The minimum Gasteiger partial charge on any atom is -0.351 e. The molecule has 0 saturated heterocycles. The molecule has 1 N–H and O–H groups in total. The van der Waals surface area contributed by atoms with Crippen LogP contribution in [-0.2, 0) is 0 Å². The molecule has 0 unspecified atom stereocenters. The Morgan fingerprint density at radius 1 is 1.28 bits per heavy atom. The summed E-state index contributed by atoms with van der Waals surface area (Å²) in [5, 5.41) is 8.09. The Morgan fingerprint density at radius 2 is 2.17 bits per heavy atom. The zero-order chi connectivity index (χ0) is 20.2. The monoisotopic (exact) mass is 408 g/mol. The molecule has 0 aliphatic rings. The molecule has 29 heavy (non-hydrogen) atoms. The molecule has 0 spiro atoms. The van der Waals surface area contributed by atoms with Gasteiger partial charge in [-0.1, -0.05) is 0 Å². The van der Waals surface area contributed by atoms with Gasteiger partial charge in [-0.3, -0.25) is 14.6 Å². The van der Waals surface area contributed by atoms with Crippen LogP contribution in [-0.4, -0.2) is 55.9 Å². The van der Waals surface area contributed by atoms with E-state index >= 15 is 0 Å². The van der Waals surface area contributed by atoms with Crippen molar-refractivity contribution in [2.75, 3.05) is 19.6 Å². The van der Waals surface area contributed by atoms with Gasteiger partial charge in [0.1, 0.15) is 0 Å². The summed E-state index contributed by atoms with van der Waals surface area (Å²) in [5.74, 6) is -0.242. The number of pyridine rings is 1. The maximum Gasteiger partial charge on any atom is 0.271 e. The number of amides is 2. The van der Waals surface area contributed by atoms with Crippen molar-refractivity contribution in [3.8, 4) is 0 Å². The first kappa shape index (κ1) is 19.0. The first-order valence-corrected chi connectivity index (χ1v) is 10.2. The van der Waals surface area contributed by atoms with Crippen molar-refractivity contribution in [3.05, 3.63) is 59.6 Å². The lowest BCUT2D eigenvalue weighted by Crippen LogP contribution is -2.34. The van der Waals surface area contributed by atoms with E-state index in [2.05, 4.69) is 20.4 Å². The van der Waals surface area contributed by atoms with Crippen LogP contribution < -0.4 is 5.32 Å². The van der Waals surface area contributed by atoms with Crippen LogP contribution in [0.15, 0.2) is 49.1 Å². The minimum atomic E-state index is -0.248. The summed E-state index contributed by atoms with van der Waals surface area (Å²) in [6.45, 7) is 3.58. The molecule has 0 atom stereocenters. The van der Waals surface area contributed by atoms with Crippen LogP contribution >= 0.6 is 11.3 Å². The van der Waals surface area contributed by atoms with Crippen molar-refractivity contribution in [1.82, 2.24) is 29.8 Å². The van der Waals surface area contributed by atoms with Gasteiger partial charge in [0, 0.05) is 50.5 Å². The fourth-order valence-electron chi connectivity index (χ4n) is 3.05. The quantitative estimate of drug-likeness (QED) is 0.475. The highest BCUT2D eigenvalue weighted by molar-refractivity contribution is 7.20. The van der Waals surface area contributed by atoms with Crippen LogP contribution in [0.4, 0.5) is 0 Å². The number of hydrogen-bond acceptors (Lipinski definition) is 6. The zero-order valence-electron chi connectivity index (χ0n) is 15.9. The van der Waals surface area contributed by atoms with Gasteiger partial charge in [0.15, 0.2) is 11.3 Å². The maximum atomic E-state index is 12.8. The van der Waals surface area contributed by atoms with Gasteiger partial charge in [0.05, 0.1) is 9.58 Å². The van der Waals surface area contributed by atoms with Gasteiger partial charge in [-0.15, -0.1) is 11.3 Å². The van der Waals surface area contributed by atoms with Crippen molar-refractivity contribution < 1.29 is 9.59 Å². The van der Waals surface area contributed by atoms with Crippen LogP contribution in [0, 0.1) is 0 Å². The topological polar surface area (TPSA) is 92.5 Å². The molecule has 4 heterocycles. The van der Waals surface area contributed by atoms with E-state index in [1.54, 1.807) is 46.3 Å². The molecular weight excluding hydrogens is 388 g/mol. The van der Waals surface area contributed by atoms with Gasteiger partial charge in [-0.2, -0.15) is 5.10 Å². The van der Waals surface area contributed by atoms with Gasteiger partial charge >= 0.3 is 0 Å². The Bertz CT molecular complexity index is 1100. The number of carbonyl (C=O) groups is 2. The minimum absolute atomic E-state index is 0.00597. The molecule has 0 bridgehead atoms. The normalized spacial score (nSPS) is 11.1. The number of nitrogens with zero attached hydrogens (tertiary/aromatic N) is 5. The summed E-state index contributed by atoms with van der Waals surface area (Å²) >= 11 is 1.45. The third-order valence-corrected chi connectivity index (χ3v) is 5.64. The first-order chi connectivity index (χ1) is 14.2. The predicted molar refractivity (Wildman–Crippen MR) is 111 cm³/mol. The number of fused-ring (bicyclic) bond motifs is 2. The summed E-state index contributed by atoms with van der Waals surface area (Å²) in [6, 6.07) is 7.22. The standard InChI is InChI=1S/C20H20N6O2S/c1-2-25(20(28)16-11-14-5-8-21-13-17(14)29-16)9-3-7-23-19(27)15-12-18-22-6-4-10-26(18)24-15/h4-6,8,10-13H,2-3,7,9H2,1H3,(H,23,27). The maximum absolute atomic E-state index is 12.8. The van der Waals surface area contributed by atoms with Crippen LogP contribution in [0.5, 0.6) is 0 Å². The number of nitrogens with one attached hydrogen (secondary N) is 1. The Morgan fingerprint density at radius 3 is 2.97 bits per heavy atom. The lowest BCUT2D eigenvalue weighted by atomic mass is 10.3. The molecule has 4 aromatic heterocycles. The highest BCUT2D eigenvalue weighted by Gasteiger charge is 2.17. The van der Waals surface area contributed by atoms with E-state index < -0.39 is 0 Å². The molecule has 9 heteroatoms. The van der Waals surface area contributed by atoms with Crippen molar-refractivity contribution >= 4 is 38.9 Å². The molecule has 8 nitrogen and oxygen atoms in total. The molecule has 0 saturated carbocycles. The Labute approximate surface area is 171 Å². The molecule has 0 aliphatic heterocycles. The van der Waals surface area contributed by atoms with E-state index in [-0.39, 0.29) is 11.8 Å². The fraction of sp³-hybridized carbons (Fsp3) is 0.250. The highest BCUT2D eigenvalue weighted by atomic mass is 32.1. The first-order valence-electron chi connectivity index (χ1n) is 9.37. The van der Waals surface area contributed by atoms with Gasteiger partial charge in [0.25, 0.3) is 11.8 Å². The second kappa shape index (κ2) is 8.36. The van der Waals surface area contributed by atoms with E-state index in [0.29, 0.717) is 42.3 Å². The number of hydrogen-bond donors (Lipinski definition) is 1. The third kappa shape index (κ3) is 4.09. The summed E-state index contributed by atoms with van der Waals surface area (Å²) in [5.41, 5.74) is 0.949. The molecule has 0 aliphatic carbocycles. The number of aromatic nitrogens is 4. The number of thiophene rings is 1. The highest BCUT2D eigenvalue weighted by Crippen LogP contribution is 2.25. The molecule has 4 aromatic rings. The van der Waals surface area contributed by atoms with Crippen molar-refractivity contribution in [1.29, 1.82) is 0 Å². The Hall–Kier alpha value is -3.33. The molecule has 0 fully saturated rings. The predicted octanol–water partition coefficient (Wildman–Crippen LogP) is 2.62. The van der Waals surface area contributed by atoms with Crippen LogP contribution in [0.1, 0.15) is 33.5 Å². The van der Waals surface area contributed by atoms with E-state index in [9.17, 15) is 9.59 Å². The number of carbonyl (C=O) groups excluding carboxylic acids is 2. The SMILES string of the molecule is CCN(CCCNC(=O)c1cc2ncccn2n1)C(=O)c1cc2ccncc2s1. The zero-order valence-corrected chi connectivity index (χ0v) is 16.7. The molecule has 0 aromatic carbocycles. The lowest BCUT2D eigenvalue weighted by Gasteiger charge is -2.20. The third-order valence-electron chi connectivity index (χ3n) is 4.56. The summed E-state index contributed by atoms with van der Waals surface area (Å²) in [6.07, 6.45) is 7.56. The van der Waals surface area contributed by atoms with Crippen LogP contribution in [0.2, 0.25) is 0 Å². The molecule has 0 radical (unpaired) electrons. The number of rotatable bonds is 7. The summed E-state index contributed by atoms with van der Waals surface area (Å²) < 4.78 is 2.56. The van der Waals surface area contributed by atoms with Crippen molar-refractivity contribution in [2.24, 2.45) is 0 Å². The smallest absolute Gasteiger partial charge is 0.271 e. The second-order valence-corrected chi connectivity index (χ2v) is 7.55. The fourth-order valence-corrected chi connectivity index (χ4v) is 4.05. The average Bonchev–Trinajstić information content (AvgIpc) is 3.37. The molecule has 4 rings (SSSR count). The molecular formula is C20H20N6O2S. The van der Waals surface area contributed by atoms with E-state index in [1.165, 1.54) is 11.3 Å². The Balaban J connectivity index is 1.31. The average molecular weight is 408 g/mol. The molecule has 148 valence electrons. The van der Waals surface area contributed by atoms with Crippen LogP contribution in [0.25, 0.3) is 15.7 Å². The van der Waals surface area contributed by atoms with Gasteiger partial charge in [-0.05, 0) is 36.9 Å². The van der Waals surface area contributed by atoms with Gasteiger partial charge in [-0.25, -0.2) is 9.50 Å². The van der Waals surface area contributed by atoms with E-state index in [4.69, 9.17) is 0 Å². The largest absolute Gasteiger partial charge is 0.351 e. The second-order valence-electron chi connectivity index (χ2n) is 6.47. The van der Waals surface area contributed by atoms with E-state index in [0.717, 1.165) is 10.1 Å². The van der Waals surface area contributed by atoms with Gasteiger partial charge < -0.3 is 10.2 Å². The van der Waals surface area contributed by atoms with Gasteiger partial charge in [0.2, 0.25) is 0 Å². The summed E-state index contributed by atoms with van der Waals surface area (Å²) in [7, 11) is 0. The van der Waals surface area contributed by atoms with Crippen molar-refractivity contribution in [2.45, 2.75) is 13.3 Å².